The van der Waals surface area contributed by atoms with Crippen molar-refractivity contribution in [2.24, 2.45) is 0 Å². The predicted molar refractivity (Wildman–Crippen MR) is 115 cm³/mol. The van der Waals surface area contributed by atoms with Gasteiger partial charge in [-0.25, -0.2) is 0 Å². The van der Waals surface area contributed by atoms with Crippen molar-refractivity contribution in [2.45, 2.75) is 4.90 Å². The maximum Gasteiger partial charge on any atom is 0.268 e. The van der Waals surface area contributed by atoms with Crippen molar-refractivity contribution in [2.75, 3.05) is 39.4 Å². The van der Waals surface area contributed by atoms with Crippen LogP contribution in [0.15, 0.2) is 64.4 Å². The molecule has 2 aromatic rings. The van der Waals surface area contributed by atoms with Crippen molar-refractivity contribution in [3.05, 3.63) is 70.1 Å². The van der Waals surface area contributed by atoms with E-state index in [0.29, 0.717) is 47.4 Å². The maximum absolute atomic E-state index is 13.2. The number of benzene rings is 2. The second-order valence-electron chi connectivity index (χ2n) is 6.84. The quantitative estimate of drug-likeness (QED) is 0.658. The molecule has 4 rings (SSSR count). The van der Waals surface area contributed by atoms with Crippen molar-refractivity contribution in [1.82, 2.24) is 9.80 Å². The van der Waals surface area contributed by atoms with Gasteiger partial charge in [0.2, 0.25) is 0 Å². The summed E-state index contributed by atoms with van der Waals surface area (Å²) in [6.45, 7) is 4.03. The van der Waals surface area contributed by atoms with Crippen LogP contribution in [0, 0.1) is 0 Å². The number of halogens is 1. The molecule has 150 valence electrons. The van der Waals surface area contributed by atoms with E-state index >= 15 is 0 Å². The smallest absolute Gasteiger partial charge is 0.268 e. The fourth-order valence-electron chi connectivity index (χ4n) is 3.40. The van der Waals surface area contributed by atoms with E-state index < -0.39 is 0 Å². The summed E-state index contributed by atoms with van der Waals surface area (Å²) >= 11 is 7.35. The van der Waals surface area contributed by atoms with Gasteiger partial charge in [0, 0.05) is 36.1 Å². The van der Waals surface area contributed by atoms with E-state index in [1.807, 2.05) is 30.3 Å². The molecule has 29 heavy (non-hydrogen) atoms. The number of carbonyl (C=O) groups is 2. The van der Waals surface area contributed by atoms with Crippen LogP contribution in [0.25, 0.3) is 5.57 Å². The van der Waals surface area contributed by atoms with E-state index in [1.165, 1.54) is 16.7 Å². The molecule has 0 bridgehead atoms. The molecule has 0 unspecified atom stereocenters. The summed E-state index contributed by atoms with van der Waals surface area (Å²) < 4.78 is 5.37. The minimum Gasteiger partial charge on any atom is -0.379 e. The van der Waals surface area contributed by atoms with E-state index in [0.717, 1.165) is 18.0 Å². The predicted octanol–water partition coefficient (Wildman–Crippen LogP) is 3.54. The summed E-state index contributed by atoms with van der Waals surface area (Å²) in [6.07, 6.45) is 0. The second-order valence-corrected chi connectivity index (χ2v) is 8.36. The summed E-state index contributed by atoms with van der Waals surface area (Å²) in [6, 6.07) is 16.7. The fourth-order valence-corrected chi connectivity index (χ4v) is 4.55. The average molecular weight is 429 g/mol. The molecule has 0 aromatic heterocycles. The molecule has 1 saturated heterocycles. The Morgan fingerprint density at radius 2 is 1.59 bits per heavy atom. The number of nitrogens with zero attached hydrogens (tertiary/aromatic N) is 2. The highest BCUT2D eigenvalue weighted by atomic mass is 35.5. The Morgan fingerprint density at radius 1 is 0.897 bits per heavy atom. The molecule has 0 N–H and O–H groups in total. The normalized spacial score (nSPS) is 18.0. The van der Waals surface area contributed by atoms with Crippen molar-refractivity contribution < 1.29 is 14.3 Å². The number of morpholine rings is 1. The Balaban J connectivity index is 1.61. The number of imide groups is 1. The average Bonchev–Trinajstić information content (AvgIpc) is 2.98. The van der Waals surface area contributed by atoms with Crippen LogP contribution in [-0.4, -0.2) is 61.0 Å². The van der Waals surface area contributed by atoms with Gasteiger partial charge in [-0.1, -0.05) is 53.7 Å². The van der Waals surface area contributed by atoms with Crippen LogP contribution in [0.4, 0.5) is 0 Å². The zero-order valence-corrected chi connectivity index (χ0v) is 17.4. The lowest BCUT2D eigenvalue weighted by Crippen LogP contribution is -2.43. The van der Waals surface area contributed by atoms with E-state index in [-0.39, 0.29) is 11.8 Å². The molecular weight excluding hydrogens is 408 g/mol. The van der Waals surface area contributed by atoms with Crippen LogP contribution in [0.3, 0.4) is 0 Å². The van der Waals surface area contributed by atoms with Crippen molar-refractivity contribution in [3.63, 3.8) is 0 Å². The molecule has 0 radical (unpaired) electrons. The molecule has 0 saturated carbocycles. The zero-order valence-electron chi connectivity index (χ0n) is 15.8. The van der Waals surface area contributed by atoms with E-state index in [9.17, 15) is 9.59 Å². The Hall–Kier alpha value is -2.12. The molecule has 2 amide bonds. The first-order chi connectivity index (χ1) is 14.1. The third-order valence-electron chi connectivity index (χ3n) is 4.97. The van der Waals surface area contributed by atoms with Crippen LogP contribution < -0.4 is 0 Å². The van der Waals surface area contributed by atoms with Crippen LogP contribution in [0.2, 0.25) is 5.02 Å². The molecule has 2 aromatic carbocycles. The number of hydrogen-bond acceptors (Lipinski definition) is 5. The van der Waals surface area contributed by atoms with Gasteiger partial charge in [-0.3, -0.25) is 19.4 Å². The number of amides is 2. The second kappa shape index (κ2) is 9.13. The monoisotopic (exact) mass is 428 g/mol. The van der Waals surface area contributed by atoms with Crippen LogP contribution in [0.5, 0.6) is 0 Å². The summed E-state index contributed by atoms with van der Waals surface area (Å²) in [5.74, 6) is -0.480. The molecule has 7 heteroatoms. The lowest BCUT2D eigenvalue weighted by Gasteiger charge is -2.28. The van der Waals surface area contributed by atoms with Gasteiger partial charge in [0.1, 0.15) is 0 Å². The van der Waals surface area contributed by atoms with Crippen molar-refractivity contribution in [1.29, 1.82) is 0 Å². The Morgan fingerprint density at radius 3 is 2.28 bits per heavy atom. The molecule has 0 aliphatic carbocycles. The standard InChI is InChI=1S/C22H21ClN2O3S/c23-17-8-6-16(7-9-17)19-20(29-18-4-2-1-3-5-18)22(27)25(21(19)26)11-10-24-12-14-28-15-13-24/h1-9H,10-15H2. The lowest BCUT2D eigenvalue weighted by atomic mass is 10.1. The van der Waals surface area contributed by atoms with Gasteiger partial charge in [-0.05, 0) is 29.8 Å². The van der Waals surface area contributed by atoms with Crippen molar-refractivity contribution >= 4 is 40.8 Å². The first kappa shape index (κ1) is 20.2. The van der Waals surface area contributed by atoms with Gasteiger partial charge in [-0.2, -0.15) is 0 Å². The molecule has 2 aliphatic heterocycles. The molecule has 0 spiro atoms. The number of carbonyl (C=O) groups excluding carboxylic acids is 2. The highest BCUT2D eigenvalue weighted by molar-refractivity contribution is 8.04. The minimum atomic E-state index is -0.246. The molecule has 2 heterocycles. The molecular formula is C22H21ClN2O3S. The highest BCUT2D eigenvalue weighted by Gasteiger charge is 2.39. The van der Waals surface area contributed by atoms with Gasteiger partial charge in [0.15, 0.2) is 0 Å². The number of ether oxygens (including phenoxy) is 1. The van der Waals surface area contributed by atoms with Gasteiger partial charge < -0.3 is 4.74 Å². The zero-order chi connectivity index (χ0) is 20.2. The van der Waals surface area contributed by atoms with E-state index in [2.05, 4.69) is 4.90 Å². The lowest BCUT2D eigenvalue weighted by molar-refractivity contribution is -0.136. The maximum atomic E-state index is 13.2. The molecule has 5 nitrogen and oxygen atoms in total. The number of rotatable bonds is 6. The van der Waals surface area contributed by atoms with E-state index in [4.69, 9.17) is 16.3 Å². The van der Waals surface area contributed by atoms with Crippen molar-refractivity contribution in [3.8, 4) is 0 Å². The third kappa shape index (κ3) is 4.56. The molecule has 2 aliphatic rings. The van der Waals surface area contributed by atoms with Crippen LogP contribution in [-0.2, 0) is 14.3 Å². The summed E-state index contributed by atoms with van der Waals surface area (Å²) in [7, 11) is 0. The topological polar surface area (TPSA) is 49.9 Å². The summed E-state index contributed by atoms with van der Waals surface area (Å²) in [5.41, 5.74) is 1.16. The molecule has 1 fully saturated rings. The Kier molecular flexibility index (Phi) is 6.35. The Bertz CT molecular complexity index is 925. The van der Waals surface area contributed by atoms with Gasteiger partial charge in [0.25, 0.3) is 11.8 Å². The number of thioether (sulfide) groups is 1. The number of hydrogen-bond donors (Lipinski definition) is 0. The first-order valence-electron chi connectivity index (χ1n) is 9.53. The van der Waals surface area contributed by atoms with Crippen LogP contribution in [0.1, 0.15) is 5.56 Å². The Labute approximate surface area is 179 Å². The largest absolute Gasteiger partial charge is 0.379 e. The fraction of sp³-hybridized carbons (Fsp3) is 0.273. The first-order valence-corrected chi connectivity index (χ1v) is 10.7. The summed E-state index contributed by atoms with van der Waals surface area (Å²) in [4.78, 5) is 31.4. The summed E-state index contributed by atoms with van der Waals surface area (Å²) in [5, 5.41) is 0.590. The molecule has 0 atom stereocenters. The highest BCUT2D eigenvalue weighted by Crippen LogP contribution is 2.39. The van der Waals surface area contributed by atoms with Crippen LogP contribution >= 0.6 is 23.4 Å². The van der Waals surface area contributed by atoms with Gasteiger partial charge >= 0.3 is 0 Å². The SMILES string of the molecule is O=C1C(Sc2ccccc2)=C(c2ccc(Cl)cc2)C(=O)N1CCN1CCOCC1. The van der Waals surface area contributed by atoms with Gasteiger partial charge in [0.05, 0.1) is 23.7 Å². The van der Waals surface area contributed by atoms with E-state index in [1.54, 1.807) is 24.3 Å². The van der Waals surface area contributed by atoms with Gasteiger partial charge in [-0.15, -0.1) is 0 Å². The third-order valence-corrected chi connectivity index (χ3v) is 6.31. The minimum absolute atomic E-state index is 0.234.